The van der Waals surface area contributed by atoms with Crippen molar-refractivity contribution < 1.29 is 42.8 Å². The molecule has 1 aliphatic heterocycles. The molecule has 1 heterocycles. The number of hydrogen-bond donors (Lipinski definition) is 2. The second kappa shape index (κ2) is 12.9. The summed E-state index contributed by atoms with van der Waals surface area (Å²) >= 11 is 11.9. The van der Waals surface area contributed by atoms with Gasteiger partial charge in [0.25, 0.3) is 11.9 Å². The Hall–Kier alpha value is -2.83. The average Bonchev–Trinajstić information content (AvgIpc) is 2.82. The maximum Gasteiger partial charge on any atom is 0.552 e. The predicted molar refractivity (Wildman–Crippen MR) is 129 cm³/mol. The van der Waals surface area contributed by atoms with Crippen molar-refractivity contribution in [3.8, 4) is 0 Å². The third-order valence-electron chi connectivity index (χ3n) is 5.22. The van der Waals surface area contributed by atoms with E-state index in [4.69, 9.17) is 37.2 Å². The van der Waals surface area contributed by atoms with Crippen molar-refractivity contribution in [2.75, 3.05) is 20.8 Å². The lowest BCUT2D eigenvalue weighted by molar-refractivity contribution is -0.178. The van der Waals surface area contributed by atoms with Crippen LogP contribution in [0.4, 0.5) is 0 Å². The fourth-order valence-electron chi connectivity index (χ4n) is 3.58. The molecule has 1 aliphatic rings. The van der Waals surface area contributed by atoms with Crippen LogP contribution in [0.15, 0.2) is 18.2 Å². The fourth-order valence-corrected chi connectivity index (χ4v) is 3.95. The molecular weight excluding hydrogens is 518 g/mol. The van der Waals surface area contributed by atoms with Crippen molar-refractivity contribution in [1.82, 2.24) is 10.6 Å². The number of carbonyl (C=O) groups excluding carboxylic acids is 5. The Labute approximate surface area is 218 Å². The molecule has 2 atom stereocenters. The molecule has 0 aliphatic carbocycles. The van der Waals surface area contributed by atoms with Gasteiger partial charge in [0.15, 0.2) is 5.60 Å². The van der Waals surface area contributed by atoms with E-state index < -0.39 is 67.8 Å². The molecule has 0 spiro atoms. The third kappa shape index (κ3) is 7.84. The smallest absolute Gasteiger partial charge is 0.508 e. The van der Waals surface area contributed by atoms with Crippen LogP contribution in [0, 0.1) is 5.92 Å². The molecule has 0 aromatic heterocycles. The lowest BCUT2D eigenvalue weighted by Gasteiger charge is -2.38. The Balaban J connectivity index is 2.18. The van der Waals surface area contributed by atoms with Crippen molar-refractivity contribution in [3.63, 3.8) is 0 Å². The number of ether oxygens (including phenoxy) is 2. The van der Waals surface area contributed by atoms with Gasteiger partial charge in [-0.05, 0) is 30.5 Å². The van der Waals surface area contributed by atoms with Gasteiger partial charge >= 0.3 is 19.1 Å². The Bertz CT molecular complexity index is 1020. The summed E-state index contributed by atoms with van der Waals surface area (Å²) in [4.78, 5) is 62.0. The van der Waals surface area contributed by atoms with Gasteiger partial charge in [-0.25, -0.2) is 4.79 Å². The SMILES string of the molecule is COC(=O)C[C@]1(C(=O)OC)CC(=O)OB([C@H](CC(C)C)NC(=O)CNC(=O)c2cc(Cl)ccc2Cl)O1. The molecule has 1 aromatic carbocycles. The summed E-state index contributed by atoms with van der Waals surface area (Å²) in [6, 6.07) is 4.33. The lowest BCUT2D eigenvalue weighted by Crippen LogP contribution is -2.62. The van der Waals surface area contributed by atoms with E-state index in [1.54, 1.807) is 0 Å². The zero-order valence-electron chi connectivity index (χ0n) is 20.2. The minimum Gasteiger partial charge on any atom is -0.508 e. The summed E-state index contributed by atoms with van der Waals surface area (Å²) in [6.07, 6.45) is -0.905. The van der Waals surface area contributed by atoms with Crippen LogP contribution >= 0.6 is 23.2 Å². The molecule has 1 aromatic rings. The molecule has 1 fully saturated rings. The van der Waals surface area contributed by atoms with E-state index in [9.17, 15) is 24.0 Å². The number of esters is 2. The van der Waals surface area contributed by atoms with Crippen LogP contribution in [0.25, 0.3) is 0 Å². The van der Waals surface area contributed by atoms with Crippen molar-refractivity contribution in [1.29, 1.82) is 0 Å². The first-order chi connectivity index (χ1) is 16.9. The van der Waals surface area contributed by atoms with Crippen LogP contribution in [0.5, 0.6) is 0 Å². The zero-order chi connectivity index (χ0) is 27.0. The number of methoxy groups -OCH3 is 2. The molecule has 0 radical (unpaired) electrons. The third-order valence-corrected chi connectivity index (χ3v) is 5.78. The van der Waals surface area contributed by atoms with Gasteiger partial charge in [-0.15, -0.1) is 0 Å². The van der Waals surface area contributed by atoms with Crippen molar-refractivity contribution in [3.05, 3.63) is 33.8 Å². The largest absolute Gasteiger partial charge is 0.552 e. The normalized spacial score (nSPS) is 18.2. The molecule has 11 nitrogen and oxygen atoms in total. The van der Waals surface area contributed by atoms with Gasteiger partial charge in [-0.1, -0.05) is 37.0 Å². The molecule has 36 heavy (non-hydrogen) atoms. The highest BCUT2D eigenvalue weighted by atomic mass is 35.5. The Kier molecular flexibility index (Phi) is 10.6. The fraction of sp³-hybridized carbons (Fsp3) is 0.500. The first kappa shape index (κ1) is 29.4. The van der Waals surface area contributed by atoms with E-state index in [0.29, 0.717) is 5.02 Å². The number of halogens is 2. The Morgan fingerprint density at radius 3 is 2.47 bits per heavy atom. The molecule has 14 heteroatoms. The molecule has 1 saturated heterocycles. The van der Waals surface area contributed by atoms with Gasteiger partial charge < -0.3 is 29.4 Å². The summed E-state index contributed by atoms with van der Waals surface area (Å²) in [5.74, 6) is -4.78. The minimum absolute atomic E-state index is 0.00693. The summed E-state index contributed by atoms with van der Waals surface area (Å²) < 4.78 is 20.5. The summed E-state index contributed by atoms with van der Waals surface area (Å²) in [5, 5.41) is 5.54. The molecule has 0 saturated carbocycles. The summed E-state index contributed by atoms with van der Waals surface area (Å²) in [7, 11) is 0.792. The van der Waals surface area contributed by atoms with E-state index in [1.807, 2.05) is 13.8 Å². The highest BCUT2D eigenvalue weighted by molar-refractivity contribution is 6.50. The molecule has 0 unspecified atom stereocenters. The predicted octanol–water partition coefficient (Wildman–Crippen LogP) is 1.72. The van der Waals surface area contributed by atoms with Crippen LogP contribution in [0.3, 0.4) is 0 Å². The van der Waals surface area contributed by atoms with Crippen molar-refractivity contribution in [2.45, 2.75) is 44.7 Å². The second-order valence-corrected chi connectivity index (χ2v) is 9.35. The van der Waals surface area contributed by atoms with Crippen LogP contribution in [0.2, 0.25) is 10.0 Å². The monoisotopic (exact) mass is 544 g/mol. The highest BCUT2D eigenvalue weighted by Gasteiger charge is 2.55. The number of benzene rings is 1. The van der Waals surface area contributed by atoms with Crippen LogP contribution in [-0.2, 0) is 38.0 Å². The maximum atomic E-state index is 12.7. The zero-order valence-corrected chi connectivity index (χ0v) is 21.7. The standard InChI is InChI=1S/C22H27BCl2N2O9/c1-12(2)7-16(27-17(28)11-26-20(31)14-8-13(24)5-6-15(14)25)23-35-19(30)10-22(36-23,21(32)34-4)9-18(29)33-3/h5-6,8,12,16H,7,9-11H2,1-4H3,(H,26,31)(H,27,28)/t16-,22+/m0/s1. The quantitative estimate of drug-likeness (QED) is 0.332. The second-order valence-electron chi connectivity index (χ2n) is 8.50. The van der Waals surface area contributed by atoms with Gasteiger partial charge in [-0.2, -0.15) is 0 Å². The van der Waals surface area contributed by atoms with Crippen molar-refractivity contribution in [2.24, 2.45) is 5.92 Å². The minimum atomic E-state index is -1.99. The average molecular weight is 545 g/mol. The Morgan fingerprint density at radius 1 is 1.17 bits per heavy atom. The maximum absolute atomic E-state index is 12.7. The van der Waals surface area contributed by atoms with Crippen molar-refractivity contribution >= 4 is 60.0 Å². The van der Waals surface area contributed by atoms with E-state index in [0.717, 1.165) is 14.2 Å². The summed E-state index contributed by atoms with van der Waals surface area (Å²) in [5.41, 5.74) is -1.90. The number of carbonyl (C=O) groups is 5. The van der Waals surface area contributed by atoms with Gasteiger partial charge in [0.1, 0.15) is 0 Å². The molecular formula is C22H27BCl2N2O9. The number of nitrogens with one attached hydrogen (secondary N) is 2. The lowest BCUT2D eigenvalue weighted by atomic mass is 9.70. The van der Waals surface area contributed by atoms with Gasteiger partial charge in [-0.3, -0.25) is 19.2 Å². The first-order valence-electron chi connectivity index (χ1n) is 11.0. The number of hydrogen-bond acceptors (Lipinski definition) is 9. The highest BCUT2D eigenvalue weighted by Crippen LogP contribution is 2.31. The Morgan fingerprint density at radius 2 is 1.86 bits per heavy atom. The van der Waals surface area contributed by atoms with Crippen LogP contribution in [0.1, 0.15) is 43.5 Å². The molecule has 196 valence electrons. The van der Waals surface area contributed by atoms with E-state index in [-0.39, 0.29) is 22.9 Å². The topological polar surface area (TPSA) is 146 Å². The van der Waals surface area contributed by atoms with Gasteiger partial charge in [0.2, 0.25) is 5.91 Å². The van der Waals surface area contributed by atoms with Crippen LogP contribution in [-0.4, -0.2) is 69.1 Å². The van der Waals surface area contributed by atoms with E-state index in [1.165, 1.54) is 18.2 Å². The van der Waals surface area contributed by atoms with E-state index >= 15 is 0 Å². The van der Waals surface area contributed by atoms with Crippen LogP contribution < -0.4 is 10.6 Å². The van der Waals surface area contributed by atoms with Gasteiger partial charge in [0.05, 0.1) is 50.1 Å². The molecule has 0 bridgehead atoms. The summed E-state index contributed by atoms with van der Waals surface area (Å²) in [6.45, 7) is 3.27. The molecule has 2 amide bonds. The molecule has 2 N–H and O–H groups in total. The van der Waals surface area contributed by atoms with Gasteiger partial charge in [0, 0.05) is 5.02 Å². The number of rotatable bonds is 10. The first-order valence-corrected chi connectivity index (χ1v) is 11.7. The van der Waals surface area contributed by atoms with E-state index in [2.05, 4.69) is 15.4 Å². The number of amides is 2. The molecule has 2 rings (SSSR count).